The average molecular weight is 259 g/mol. The molecule has 1 heterocycles. The zero-order valence-electron chi connectivity index (χ0n) is 11.3. The lowest BCUT2D eigenvalue weighted by Crippen LogP contribution is -2.36. The first-order valence-electron chi connectivity index (χ1n) is 7.11. The summed E-state index contributed by atoms with van der Waals surface area (Å²) in [5.74, 6) is 0.993. The molecule has 0 aliphatic heterocycles. The van der Waals surface area contributed by atoms with Gasteiger partial charge in [0.15, 0.2) is 0 Å². The summed E-state index contributed by atoms with van der Waals surface area (Å²) >= 11 is 0. The molecule has 4 nitrogen and oxygen atoms in total. The number of rotatable bonds is 3. The Morgan fingerprint density at radius 1 is 1.26 bits per heavy atom. The van der Waals surface area contributed by atoms with Crippen molar-refractivity contribution >= 4 is 11.0 Å². The number of nitrogens with one attached hydrogen (secondary N) is 2. The van der Waals surface area contributed by atoms with Crippen molar-refractivity contribution < 1.29 is 5.11 Å². The van der Waals surface area contributed by atoms with Gasteiger partial charge in [-0.1, -0.05) is 12.1 Å². The smallest absolute Gasteiger partial charge is 0.124 e. The van der Waals surface area contributed by atoms with E-state index in [-0.39, 0.29) is 12.1 Å². The van der Waals surface area contributed by atoms with E-state index in [0.717, 1.165) is 42.5 Å². The monoisotopic (exact) mass is 259 g/mol. The fourth-order valence-electron chi connectivity index (χ4n) is 2.85. The van der Waals surface area contributed by atoms with Crippen LogP contribution in [-0.4, -0.2) is 27.2 Å². The second kappa shape index (κ2) is 5.31. The van der Waals surface area contributed by atoms with Gasteiger partial charge in [-0.25, -0.2) is 4.98 Å². The molecule has 0 spiro atoms. The molecule has 0 radical (unpaired) electrons. The molecule has 0 saturated heterocycles. The lowest BCUT2D eigenvalue weighted by atomic mass is 9.92. The summed E-state index contributed by atoms with van der Waals surface area (Å²) in [5, 5.41) is 13.1. The minimum atomic E-state index is -0.0976. The third-order valence-corrected chi connectivity index (χ3v) is 4.00. The highest BCUT2D eigenvalue weighted by molar-refractivity contribution is 5.74. The van der Waals surface area contributed by atoms with E-state index in [1.54, 1.807) is 0 Å². The molecule has 19 heavy (non-hydrogen) atoms. The predicted octanol–water partition coefficient (Wildman–Crippen LogP) is 2.52. The zero-order chi connectivity index (χ0) is 13.2. The van der Waals surface area contributed by atoms with Gasteiger partial charge in [-0.2, -0.15) is 0 Å². The topological polar surface area (TPSA) is 60.9 Å². The molecule has 1 saturated carbocycles. The second-order valence-corrected chi connectivity index (χ2v) is 5.53. The molecule has 1 fully saturated rings. The summed E-state index contributed by atoms with van der Waals surface area (Å²) in [4.78, 5) is 8.00. The number of fused-ring (bicyclic) bond motifs is 1. The summed E-state index contributed by atoms with van der Waals surface area (Å²) in [6.45, 7) is 2.14. The molecule has 1 aliphatic carbocycles. The van der Waals surface area contributed by atoms with E-state index in [2.05, 4.69) is 28.3 Å². The Morgan fingerprint density at radius 3 is 2.74 bits per heavy atom. The Labute approximate surface area is 113 Å². The van der Waals surface area contributed by atoms with Gasteiger partial charge in [-0.15, -0.1) is 0 Å². The van der Waals surface area contributed by atoms with E-state index >= 15 is 0 Å². The molecule has 4 heteroatoms. The fourth-order valence-corrected chi connectivity index (χ4v) is 2.85. The number of aromatic amines is 1. The first kappa shape index (κ1) is 12.6. The van der Waals surface area contributed by atoms with Crippen LogP contribution in [0.3, 0.4) is 0 Å². The summed E-state index contributed by atoms with van der Waals surface area (Å²) in [6, 6.07) is 8.81. The maximum absolute atomic E-state index is 9.53. The predicted molar refractivity (Wildman–Crippen MR) is 75.9 cm³/mol. The summed E-state index contributed by atoms with van der Waals surface area (Å²) in [7, 11) is 0. The van der Waals surface area contributed by atoms with E-state index in [1.165, 1.54) is 0 Å². The molecule has 1 aromatic carbocycles. The molecule has 1 atom stereocenters. The van der Waals surface area contributed by atoms with Crippen LogP contribution in [-0.2, 0) is 0 Å². The van der Waals surface area contributed by atoms with Gasteiger partial charge in [0, 0.05) is 6.04 Å². The summed E-state index contributed by atoms with van der Waals surface area (Å²) < 4.78 is 0. The minimum absolute atomic E-state index is 0.0976. The first-order valence-corrected chi connectivity index (χ1v) is 7.11. The number of benzene rings is 1. The van der Waals surface area contributed by atoms with E-state index in [9.17, 15) is 5.11 Å². The number of nitrogens with zero attached hydrogens (tertiary/aromatic N) is 1. The van der Waals surface area contributed by atoms with Crippen molar-refractivity contribution in [3.8, 4) is 0 Å². The summed E-state index contributed by atoms with van der Waals surface area (Å²) in [5.41, 5.74) is 2.11. The van der Waals surface area contributed by atoms with Crippen molar-refractivity contribution in [2.24, 2.45) is 0 Å². The number of aliphatic hydroxyl groups excluding tert-OH is 1. The maximum atomic E-state index is 9.53. The summed E-state index contributed by atoms with van der Waals surface area (Å²) in [6.07, 6.45) is 3.81. The molecule has 0 amide bonds. The number of H-pyrrole nitrogens is 1. The number of imidazole rings is 1. The van der Waals surface area contributed by atoms with E-state index in [1.807, 2.05) is 18.2 Å². The number of para-hydroxylation sites is 2. The van der Waals surface area contributed by atoms with Gasteiger partial charge in [-0.3, -0.25) is 0 Å². The van der Waals surface area contributed by atoms with Crippen LogP contribution >= 0.6 is 0 Å². The van der Waals surface area contributed by atoms with E-state index < -0.39 is 0 Å². The number of aliphatic hydroxyl groups is 1. The van der Waals surface area contributed by atoms with Crippen LogP contribution in [0.25, 0.3) is 11.0 Å². The van der Waals surface area contributed by atoms with Crippen molar-refractivity contribution in [1.82, 2.24) is 15.3 Å². The Kier molecular flexibility index (Phi) is 3.53. The average Bonchev–Trinajstić information content (AvgIpc) is 2.85. The van der Waals surface area contributed by atoms with Gasteiger partial charge in [0.1, 0.15) is 5.82 Å². The van der Waals surface area contributed by atoms with Crippen LogP contribution < -0.4 is 5.32 Å². The van der Waals surface area contributed by atoms with Crippen LogP contribution in [0, 0.1) is 0 Å². The quantitative estimate of drug-likeness (QED) is 0.793. The van der Waals surface area contributed by atoms with Crippen molar-refractivity contribution in [2.45, 2.75) is 50.8 Å². The van der Waals surface area contributed by atoms with Crippen molar-refractivity contribution in [3.63, 3.8) is 0 Å². The Morgan fingerprint density at radius 2 is 2.00 bits per heavy atom. The first-order chi connectivity index (χ1) is 9.22. The van der Waals surface area contributed by atoms with Gasteiger partial charge in [0.05, 0.1) is 23.2 Å². The van der Waals surface area contributed by atoms with Gasteiger partial charge >= 0.3 is 0 Å². The van der Waals surface area contributed by atoms with Crippen LogP contribution in [0.2, 0.25) is 0 Å². The van der Waals surface area contributed by atoms with Crippen molar-refractivity contribution in [3.05, 3.63) is 30.1 Å². The van der Waals surface area contributed by atoms with Crippen LogP contribution in [0.1, 0.15) is 44.5 Å². The SMILES string of the molecule is CC(NC1CCC(O)CC1)c1nc2ccccc2[nH]1. The molecule has 0 bridgehead atoms. The Bertz CT molecular complexity index is 510. The molecule has 1 aromatic heterocycles. The molecule has 2 aromatic rings. The van der Waals surface area contributed by atoms with E-state index in [0.29, 0.717) is 6.04 Å². The van der Waals surface area contributed by atoms with Gasteiger partial charge in [0.25, 0.3) is 0 Å². The molecule has 1 unspecified atom stereocenters. The van der Waals surface area contributed by atoms with Gasteiger partial charge in [-0.05, 0) is 44.7 Å². The molecule has 3 N–H and O–H groups in total. The fraction of sp³-hybridized carbons (Fsp3) is 0.533. The van der Waals surface area contributed by atoms with Crippen LogP contribution in [0.5, 0.6) is 0 Å². The van der Waals surface area contributed by atoms with Gasteiger partial charge < -0.3 is 15.4 Å². The largest absolute Gasteiger partial charge is 0.393 e. The van der Waals surface area contributed by atoms with Gasteiger partial charge in [0.2, 0.25) is 0 Å². The highest BCUT2D eigenvalue weighted by Crippen LogP contribution is 2.22. The number of aromatic nitrogens is 2. The highest BCUT2D eigenvalue weighted by atomic mass is 16.3. The maximum Gasteiger partial charge on any atom is 0.124 e. The molecular formula is C15H21N3O. The Balaban J connectivity index is 1.68. The molecular weight excluding hydrogens is 238 g/mol. The van der Waals surface area contributed by atoms with E-state index in [4.69, 9.17) is 0 Å². The van der Waals surface area contributed by atoms with Crippen molar-refractivity contribution in [2.75, 3.05) is 0 Å². The van der Waals surface area contributed by atoms with Crippen LogP contribution in [0.4, 0.5) is 0 Å². The highest BCUT2D eigenvalue weighted by Gasteiger charge is 2.21. The lowest BCUT2D eigenvalue weighted by molar-refractivity contribution is 0.114. The molecule has 102 valence electrons. The zero-order valence-corrected chi connectivity index (χ0v) is 11.3. The van der Waals surface area contributed by atoms with Crippen LogP contribution in [0.15, 0.2) is 24.3 Å². The molecule has 1 aliphatic rings. The third-order valence-electron chi connectivity index (χ3n) is 4.00. The number of hydrogen-bond acceptors (Lipinski definition) is 3. The molecule has 3 rings (SSSR count). The number of hydrogen-bond donors (Lipinski definition) is 3. The second-order valence-electron chi connectivity index (χ2n) is 5.53. The third kappa shape index (κ3) is 2.80. The lowest BCUT2D eigenvalue weighted by Gasteiger charge is -2.28. The standard InChI is InChI=1S/C15H21N3O/c1-10(16-11-6-8-12(19)9-7-11)15-17-13-4-2-3-5-14(13)18-15/h2-5,10-12,16,19H,6-9H2,1H3,(H,17,18). The normalized spacial score (nSPS) is 25.6. The van der Waals surface area contributed by atoms with Crippen molar-refractivity contribution in [1.29, 1.82) is 0 Å². The minimum Gasteiger partial charge on any atom is -0.393 e. The Hall–Kier alpha value is -1.39.